The molecule has 1 aliphatic rings. The van der Waals surface area contributed by atoms with Crippen LogP contribution in [0.1, 0.15) is 0 Å². The minimum absolute atomic E-state index is 0.00568. The summed E-state index contributed by atoms with van der Waals surface area (Å²) in [6.45, 7) is 5.01. The molecule has 0 radical (unpaired) electrons. The van der Waals surface area contributed by atoms with Crippen molar-refractivity contribution in [2.45, 2.75) is 0 Å². The predicted octanol–water partition coefficient (Wildman–Crippen LogP) is 1.25. The van der Waals surface area contributed by atoms with Crippen LogP contribution in [0.3, 0.4) is 0 Å². The molecule has 2 aromatic rings. The zero-order valence-corrected chi connectivity index (χ0v) is 12.2. The minimum atomic E-state index is 0.00568. The average Bonchev–Trinajstić information content (AvgIpc) is 2.52. The molecule has 0 bridgehead atoms. The number of hydrogen-bond acceptors (Lipinski definition) is 4. The van der Waals surface area contributed by atoms with Crippen molar-refractivity contribution in [1.82, 2.24) is 9.47 Å². The summed E-state index contributed by atoms with van der Waals surface area (Å²) < 4.78 is 12.8. The summed E-state index contributed by atoms with van der Waals surface area (Å²) in [5.74, 6) is 0.776. The van der Waals surface area contributed by atoms with Crippen LogP contribution in [0.15, 0.2) is 35.3 Å². The SMILES string of the molecule is Cn1ccc2c(OCCN3CCOCC3)cccc2c1=O. The Morgan fingerprint density at radius 1 is 1.19 bits per heavy atom. The van der Waals surface area contributed by atoms with Gasteiger partial charge in [0, 0.05) is 38.3 Å². The first-order chi connectivity index (χ1) is 10.3. The Morgan fingerprint density at radius 3 is 2.81 bits per heavy atom. The first kappa shape index (κ1) is 14.1. The molecule has 1 saturated heterocycles. The van der Waals surface area contributed by atoms with Gasteiger partial charge < -0.3 is 14.0 Å². The van der Waals surface area contributed by atoms with Gasteiger partial charge in [0.15, 0.2) is 0 Å². The van der Waals surface area contributed by atoms with Crippen LogP contribution in [0.25, 0.3) is 10.8 Å². The lowest BCUT2D eigenvalue weighted by molar-refractivity contribution is 0.0323. The first-order valence-corrected chi connectivity index (χ1v) is 7.27. The van der Waals surface area contributed by atoms with Crippen molar-refractivity contribution < 1.29 is 9.47 Å². The van der Waals surface area contributed by atoms with Crippen LogP contribution in [-0.2, 0) is 11.8 Å². The molecule has 1 aromatic carbocycles. The van der Waals surface area contributed by atoms with Gasteiger partial charge in [0.05, 0.1) is 18.6 Å². The standard InChI is InChI=1S/C16H20N2O3/c1-17-6-5-13-14(16(17)19)3-2-4-15(13)21-12-9-18-7-10-20-11-8-18/h2-6H,7-12H2,1H3. The minimum Gasteiger partial charge on any atom is -0.492 e. The summed E-state index contributed by atoms with van der Waals surface area (Å²) in [4.78, 5) is 14.4. The Bertz CT molecular complexity index is 675. The van der Waals surface area contributed by atoms with E-state index in [1.807, 2.05) is 24.3 Å². The summed E-state index contributed by atoms with van der Waals surface area (Å²) in [5, 5.41) is 1.58. The second-order valence-corrected chi connectivity index (χ2v) is 5.25. The molecular weight excluding hydrogens is 268 g/mol. The topological polar surface area (TPSA) is 43.7 Å². The van der Waals surface area contributed by atoms with Crippen LogP contribution < -0.4 is 10.3 Å². The van der Waals surface area contributed by atoms with E-state index in [4.69, 9.17) is 9.47 Å². The zero-order valence-electron chi connectivity index (χ0n) is 12.2. The maximum atomic E-state index is 12.1. The molecule has 0 amide bonds. The van der Waals surface area contributed by atoms with Crippen molar-refractivity contribution in [1.29, 1.82) is 0 Å². The smallest absolute Gasteiger partial charge is 0.258 e. The molecule has 1 fully saturated rings. The summed E-state index contributed by atoms with van der Waals surface area (Å²) in [7, 11) is 1.76. The molecule has 1 aromatic heterocycles. The largest absolute Gasteiger partial charge is 0.492 e. The maximum Gasteiger partial charge on any atom is 0.258 e. The zero-order chi connectivity index (χ0) is 14.7. The molecule has 3 rings (SSSR count). The molecule has 0 N–H and O–H groups in total. The third kappa shape index (κ3) is 3.09. The Hall–Kier alpha value is -1.85. The van der Waals surface area contributed by atoms with E-state index < -0.39 is 0 Å². The average molecular weight is 288 g/mol. The Balaban J connectivity index is 1.72. The number of pyridine rings is 1. The quantitative estimate of drug-likeness (QED) is 0.849. The number of rotatable bonds is 4. The molecule has 0 spiro atoms. The summed E-state index contributed by atoms with van der Waals surface area (Å²) in [6, 6.07) is 7.56. The highest BCUT2D eigenvalue weighted by Gasteiger charge is 2.11. The van der Waals surface area contributed by atoms with Crippen molar-refractivity contribution >= 4 is 10.8 Å². The van der Waals surface area contributed by atoms with Gasteiger partial charge in [0.1, 0.15) is 12.4 Å². The molecule has 1 aliphatic heterocycles. The van der Waals surface area contributed by atoms with E-state index in [1.54, 1.807) is 17.8 Å². The van der Waals surface area contributed by atoms with Gasteiger partial charge in [0.2, 0.25) is 0 Å². The Labute approximate surface area is 123 Å². The fraction of sp³-hybridized carbons (Fsp3) is 0.438. The van der Waals surface area contributed by atoms with E-state index in [-0.39, 0.29) is 5.56 Å². The lowest BCUT2D eigenvalue weighted by atomic mass is 10.1. The van der Waals surface area contributed by atoms with Crippen LogP contribution in [0.2, 0.25) is 0 Å². The number of aryl methyl sites for hydroxylation is 1. The number of aromatic nitrogens is 1. The van der Waals surface area contributed by atoms with E-state index >= 15 is 0 Å². The van der Waals surface area contributed by atoms with E-state index in [0.29, 0.717) is 12.0 Å². The molecule has 112 valence electrons. The summed E-state index contributed by atoms with van der Waals surface area (Å²) >= 11 is 0. The second kappa shape index (κ2) is 6.28. The normalized spacial score (nSPS) is 16.2. The number of nitrogens with zero attached hydrogens (tertiary/aromatic N) is 2. The molecule has 0 saturated carbocycles. The molecule has 0 atom stereocenters. The molecule has 0 aliphatic carbocycles. The Morgan fingerprint density at radius 2 is 2.00 bits per heavy atom. The first-order valence-electron chi connectivity index (χ1n) is 7.27. The highest BCUT2D eigenvalue weighted by molar-refractivity contribution is 5.87. The van der Waals surface area contributed by atoms with Gasteiger partial charge in [-0.05, 0) is 18.2 Å². The van der Waals surface area contributed by atoms with Crippen LogP contribution in [-0.4, -0.2) is 48.9 Å². The van der Waals surface area contributed by atoms with Crippen LogP contribution >= 0.6 is 0 Å². The van der Waals surface area contributed by atoms with Crippen molar-refractivity contribution in [2.75, 3.05) is 39.5 Å². The van der Waals surface area contributed by atoms with Gasteiger partial charge in [-0.1, -0.05) is 6.07 Å². The van der Waals surface area contributed by atoms with E-state index in [9.17, 15) is 4.79 Å². The van der Waals surface area contributed by atoms with Gasteiger partial charge in [-0.3, -0.25) is 9.69 Å². The van der Waals surface area contributed by atoms with Crippen molar-refractivity contribution in [3.8, 4) is 5.75 Å². The third-order valence-electron chi connectivity index (χ3n) is 3.85. The lowest BCUT2D eigenvalue weighted by Crippen LogP contribution is -2.38. The van der Waals surface area contributed by atoms with Crippen molar-refractivity contribution in [2.24, 2.45) is 7.05 Å². The third-order valence-corrected chi connectivity index (χ3v) is 3.85. The van der Waals surface area contributed by atoms with E-state index in [1.165, 1.54) is 0 Å². The summed E-state index contributed by atoms with van der Waals surface area (Å²) in [6.07, 6.45) is 1.78. The monoisotopic (exact) mass is 288 g/mol. The van der Waals surface area contributed by atoms with Gasteiger partial charge in [0.25, 0.3) is 5.56 Å². The van der Waals surface area contributed by atoms with Crippen molar-refractivity contribution in [3.63, 3.8) is 0 Å². The number of benzene rings is 1. The number of hydrogen-bond donors (Lipinski definition) is 0. The van der Waals surface area contributed by atoms with Crippen LogP contribution in [0.4, 0.5) is 0 Å². The van der Waals surface area contributed by atoms with Gasteiger partial charge in [-0.2, -0.15) is 0 Å². The maximum absolute atomic E-state index is 12.1. The molecule has 0 unspecified atom stereocenters. The molecule has 21 heavy (non-hydrogen) atoms. The fourth-order valence-corrected chi connectivity index (χ4v) is 2.58. The van der Waals surface area contributed by atoms with Gasteiger partial charge >= 0.3 is 0 Å². The van der Waals surface area contributed by atoms with Crippen LogP contribution in [0, 0.1) is 0 Å². The molecule has 2 heterocycles. The fourth-order valence-electron chi connectivity index (χ4n) is 2.58. The highest BCUT2D eigenvalue weighted by Crippen LogP contribution is 2.22. The van der Waals surface area contributed by atoms with Crippen LogP contribution in [0.5, 0.6) is 5.75 Å². The number of fused-ring (bicyclic) bond motifs is 1. The molecule has 5 heteroatoms. The lowest BCUT2D eigenvalue weighted by Gasteiger charge is -2.26. The summed E-state index contributed by atoms with van der Waals surface area (Å²) in [5.41, 5.74) is 0.00568. The Kier molecular flexibility index (Phi) is 4.22. The number of morpholine rings is 1. The number of ether oxygens (including phenoxy) is 2. The molecule has 5 nitrogen and oxygen atoms in total. The second-order valence-electron chi connectivity index (χ2n) is 5.25. The van der Waals surface area contributed by atoms with E-state index in [2.05, 4.69) is 4.90 Å². The predicted molar refractivity (Wildman–Crippen MR) is 81.9 cm³/mol. The molecular formula is C16H20N2O3. The van der Waals surface area contributed by atoms with Gasteiger partial charge in [-0.15, -0.1) is 0 Å². The van der Waals surface area contributed by atoms with Gasteiger partial charge in [-0.25, -0.2) is 0 Å². The van der Waals surface area contributed by atoms with E-state index in [0.717, 1.165) is 44.0 Å². The van der Waals surface area contributed by atoms with Crippen molar-refractivity contribution in [3.05, 3.63) is 40.8 Å². The highest BCUT2D eigenvalue weighted by atomic mass is 16.5.